The molecule has 0 aromatic rings. The summed E-state index contributed by atoms with van der Waals surface area (Å²) < 4.78 is 28.3. The molecule has 0 saturated carbocycles. The van der Waals surface area contributed by atoms with E-state index in [2.05, 4.69) is 55.4 Å². The van der Waals surface area contributed by atoms with Gasteiger partial charge in [-0.2, -0.15) is 0 Å². The Morgan fingerprint density at radius 1 is 0.306 bits per heavy atom. The Bertz CT molecular complexity index is 566. The Labute approximate surface area is 321 Å². The van der Waals surface area contributed by atoms with Gasteiger partial charge < -0.3 is 0 Å². The Kier molecular flexibility index (Phi) is 37.6. The molecule has 0 unspecified atom stereocenters. The standard InChI is InChI=1S/4C8H17.2C6H13O.O.2Sn/c4*1-3-5-7-8-6-4-2;2*1-3-6(4-2)5-7;;;/h4*1,3-8H2,2H3;2*6H,3-5H2,1-2H3;;;/q;;;;2*-1;;2*+1. The van der Waals surface area contributed by atoms with Gasteiger partial charge in [-0.3, -0.25) is 0 Å². The summed E-state index contributed by atoms with van der Waals surface area (Å²) in [4.78, 5) is 0. The first kappa shape index (κ1) is 50.5. The Balaban J connectivity index is 6.53. The van der Waals surface area contributed by atoms with E-state index in [0.717, 1.165) is 13.2 Å². The second-order valence-corrected chi connectivity index (χ2v) is 38.2. The van der Waals surface area contributed by atoms with Gasteiger partial charge in [-0.1, -0.05) is 0 Å². The van der Waals surface area contributed by atoms with Gasteiger partial charge in [-0.05, 0) is 0 Å². The Morgan fingerprint density at radius 2 is 0.531 bits per heavy atom. The summed E-state index contributed by atoms with van der Waals surface area (Å²) in [5.41, 5.74) is 0. The molecule has 0 aliphatic heterocycles. The van der Waals surface area contributed by atoms with Crippen molar-refractivity contribution >= 4 is 38.4 Å². The van der Waals surface area contributed by atoms with Crippen molar-refractivity contribution in [2.45, 2.75) is 253 Å². The van der Waals surface area contributed by atoms with Gasteiger partial charge in [0.1, 0.15) is 0 Å². The zero-order chi connectivity index (χ0) is 36.3. The molecule has 0 bridgehead atoms. The van der Waals surface area contributed by atoms with Crippen LogP contribution < -0.4 is 0 Å². The molecule has 0 amide bonds. The summed E-state index contributed by atoms with van der Waals surface area (Å²) >= 11 is -6.94. The van der Waals surface area contributed by atoms with Crippen LogP contribution in [0.15, 0.2) is 0 Å². The molecule has 0 aliphatic rings. The molecule has 0 aromatic heterocycles. The zero-order valence-corrected chi connectivity index (χ0v) is 41.1. The third-order valence-electron chi connectivity index (χ3n) is 11.5. The molecule has 0 radical (unpaired) electrons. The molecule has 5 heteroatoms. The van der Waals surface area contributed by atoms with E-state index in [1.165, 1.54) is 198 Å². The van der Waals surface area contributed by atoms with Crippen molar-refractivity contribution in [2.75, 3.05) is 13.2 Å². The zero-order valence-electron chi connectivity index (χ0n) is 35.4. The van der Waals surface area contributed by atoms with Gasteiger partial charge in [0.15, 0.2) is 0 Å². The van der Waals surface area contributed by atoms with Crippen molar-refractivity contribution in [3.05, 3.63) is 0 Å². The van der Waals surface area contributed by atoms with E-state index in [9.17, 15) is 0 Å². The van der Waals surface area contributed by atoms with Gasteiger partial charge in [0.25, 0.3) is 0 Å². The summed E-state index contributed by atoms with van der Waals surface area (Å²) in [6.07, 6.45) is 37.5. The summed E-state index contributed by atoms with van der Waals surface area (Å²) in [6, 6.07) is 0. The third-order valence-corrected chi connectivity index (χ3v) is 44.5. The summed E-state index contributed by atoms with van der Waals surface area (Å²) in [6.45, 7) is 20.7. The van der Waals surface area contributed by atoms with Crippen LogP contribution in [0.25, 0.3) is 0 Å². The van der Waals surface area contributed by atoms with E-state index >= 15 is 0 Å². The van der Waals surface area contributed by atoms with Gasteiger partial charge in [-0.25, -0.2) is 0 Å². The number of rotatable bonds is 40. The molecule has 0 rings (SSSR count). The predicted octanol–water partition coefficient (Wildman–Crippen LogP) is 16.2. The number of hydrogen-bond donors (Lipinski definition) is 0. The van der Waals surface area contributed by atoms with Crippen LogP contribution in [0.5, 0.6) is 0 Å². The second-order valence-electron chi connectivity index (χ2n) is 16.0. The van der Waals surface area contributed by atoms with Gasteiger partial charge in [-0.15, -0.1) is 0 Å². The van der Waals surface area contributed by atoms with Crippen molar-refractivity contribution in [1.29, 1.82) is 0 Å². The average Bonchev–Trinajstić information content (AvgIpc) is 3.11. The van der Waals surface area contributed by atoms with Crippen molar-refractivity contribution < 1.29 is 7.56 Å². The van der Waals surface area contributed by atoms with Crippen LogP contribution in [0.3, 0.4) is 0 Å². The van der Waals surface area contributed by atoms with Crippen molar-refractivity contribution in [1.82, 2.24) is 0 Å². The molecule has 0 aliphatic carbocycles. The quantitative estimate of drug-likeness (QED) is 0.0453. The van der Waals surface area contributed by atoms with Crippen LogP contribution in [-0.4, -0.2) is 51.6 Å². The minimum atomic E-state index is -3.47. The first-order chi connectivity index (χ1) is 23.9. The van der Waals surface area contributed by atoms with Crippen molar-refractivity contribution in [3.8, 4) is 0 Å². The predicted molar refractivity (Wildman–Crippen MR) is 225 cm³/mol. The molecule has 0 fully saturated rings. The van der Waals surface area contributed by atoms with Gasteiger partial charge in [0.2, 0.25) is 0 Å². The molecule has 0 atom stereocenters. The van der Waals surface area contributed by atoms with E-state index in [0.29, 0.717) is 11.8 Å². The molecule has 0 N–H and O–H groups in total. The molecule has 0 heterocycles. The normalized spacial score (nSPS) is 12.6. The van der Waals surface area contributed by atoms with E-state index in [1.54, 1.807) is 0 Å². The number of unbranched alkanes of at least 4 members (excludes halogenated alkanes) is 20. The SMILES string of the molecule is CCCCCCC[CH2][Sn]([CH2]CCCCCCC)([O]CC(CC)CC)[O][Sn]([CH2]CCCCCCC)([CH2]CCCCCCC)[O]CC(CC)CC. The maximum absolute atomic E-state index is 8.19. The first-order valence-corrected chi connectivity index (χ1v) is 35.6. The fourth-order valence-electron chi connectivity index (χ4n) is 7.43. The summed E-state index contributed by atoms with van der Waals surface area (Å²) in [7, 11) is 0. The molecule has 3 nitrogen and oxygen atoms in total. The van der Waals surface area contributed by atoms with Crippen LogP contribution in [0.4, 0.5) is 0 Å². The molecule has 0 spiro atoms. The van der Waals surface area contributed by atoms with E-state index in [1.807, 2.05) is 0 Å². The van der Waals surface area contributed by atoms with Crippen LogP contribution in [0.2, 0.25) is 17.7 Å². The second kappa shape index (κ2) is 36.5. The molecule has 49 heavy (non-hydrogen) atoms. The van der Waals surface area contributed by atoms with Crippen molar-refractivity contribution in [3.63, 3.8) is 0 Å². The Hall–Kier alpha value is 1.48. The fourth-order valence-corrected chi connectivity index (χ4v) is 49.1. The third kappa shape index (κ3) is 27.7. The van der Waals surface area contributed by atoms with E-state index in [-0.39, 0.29) is 0 Å². The summed E-state index contributed by atoms with van der Waals surface area (Å²) in [5.74, 6) is 1.34. The fraction of sp³-hybridized carbons (Fsp3) is 1.00. The molecule has 0 saturated heterocycles. The Morgan fingerprint density at radius 3 is 0.755 bits per heavy atom. The van der Waals surface area contributed by atoms with Crippen LogP contribution >= 0.6 is 0 Å². The van der Waals surface area contributed by atoms with Crippen LogP contribution in [-0.2, 0) is 7.56 Å². The topological polar surface area (TPSA) is 27.7 Å². The van der Waals surface area contributed by atoms with Crippen LogP contribution in [0, 0.1) is 11.8 Å². The van der Waals surface area contributed by atoms with Gasteiger partial charge in [0.05, 0.1) is 0 Å². The molecule has 296 valence electrons. The minimum absolute atomic E-state index is 0.668. The van der Waals surface area contributed by atoms with Gasteiger partial charge in [0, 0.05) is 0 Å². The number of hydrogen-bond acceptors (Lipinski definition) is 3. The first-order valence-electron chi connectivity index (χ1n) is 22.9. The molecular weight excluding hydrogens is 814 g/mol. The van der Waals surface area contributed by atoms with Crippen LogP contribution in [0.1, 0.15) is 235 Å². The van der Waals surface area contributed by atoms with E-state index in [4.69, 9.17) is 7.56 Å². The maximum atomic E-state index is 8.19. The summed E-state index contributed by atoms with van der Waals surface area (Å²) in [5, 5.41) is 0. The molecular formula is C44H94O3Sn2. The molecule has 0 aromatic carbocycles. The van der Waals surface area contributed by atoms with E-state index < -0.39 is 38.4 Å². The van der Waals surface area contributed by atoms with Gasteiger partial charge >= 0.3 is 324 Å². The average molecular weight is 909 g/mol. The van der Waals surface area contributed by atoms with Crippen molar-refractivity contribution in [2.24, 2.45) is 11.8 Å². The monoisotopic (exact) mass is 911 g/mol.